The number of benzene rings is 1. The van der Waals surface area contributed by atoms with Crippen molar-refractivity contribution >= 4 is 11.6 Å². The number of carbonyl (C=O) groups is 1. The maximum atomic E-state index is 13.2. The van der Waals surface area contributed by atoms with Crippen molar-refractivity contribution in [1.29, 1.82) is 5.26 Å². The van der Waals surface area contributed by atoms with Crippen molar-refractivity contribution in [3.8, 4) is 6.07 Å². The summed E-state index contributed by atoms with van der Waals surface area (Å²) in [5.74, 6) is -0.238. The van der Waals surface area contributed by atoms with E-state index >= 15 is 0 Å². The predicted molar refractivity (Wildman–Crippen MR) is 93.0 cm³/mol. The molecule has 0 saturated heterocycles. The van der Waals surface area contributed by atoms with Gasteiger partial charge in [0.1, 0.15) is 11.4 Å². The fourth-order valence-electron chi connectivity index (χ4n) is 2.85. The second-order valence-electron chi connectivity index (χ2n) is 8.03. The van der Waals surface area contributed by atoms with Crippen molar-refractivity contribution in [2.24, 2.45) is 11.3 Å². The van der Waals surface area contributed by atoms with Gasteiger partial charge in [0.25, 0.3) is 0 Å². The Morgan fingerprint density at radius 2 is 1.88 bits per heavy atom. The normalized spacial score (nSPS) is 16.8. The second kappa shape index (κ2) is 6.80. The van der Waals surface area contributed by atoms with Crippen LogP contribution in [0, 0.1) is 28.5 Å². The van der Waals surface area contributed by atoms with Gasteiger partial charge >= 0.3 is 0 Å². The minimum Gasteiger partial charge on any atom is -0.362 e. The Morgan fingerprint density at radius 3 is 2.33 bits per heavy atom. The summed E-state index contributed by atoms with van der Waals surface area (Å²) in [4.78, 5) is 14.4. The molecule has 1 N–H and O–H groups in total. The minimum atomic E-state index is -0.798. The summed E-state index contributed by atoms with van der Waals surface area (Å²) < 4.78 is 13.2. The summed E-state index contributed by atoms with van der Waals surface area (Å²) in [7, 11) is 0. The Balaban J connectivity index is 2.11. The lowest BCUT2D eigenvalue weighted by Crippen LogP contribution is -2.51. The van der Waals surface area contributed by atoms with Gasteiger partial charge in [0.15, 0.2) is 0 Å². The van der Waals surface area contributed by atoms with E-state index in [4.69, 9.17) is 0 Å². The first-order valence-corrected chi connectivity index (χ1v) is 8.36. The number of carbonyl (C=O) groups excluding carboxylic acids is 1. The topological polar surface area (TPSA) is 56.1 Å². The summed E-state index contributed by atoms with van der Waals surface area (Å²) >= 11 is 0. The van der Waals surface area contributed by atoms with E-state index in [0.29, 0.717) is 6.54 Å². The number of hydrogen-bond acceptors (Lipinski definition) is 3. The van der Waals surface area contributed by atoms with Crippen LogP contribution in [-0.2, 0) is 4.79 Å². The number of amides is 1. The number of nitrogens with one attached hydrogen (secondary N) is 1. The highest BCUT2D eigenvalue weighted by molar-refractivity contribution is 5.82. The number of hydrogen-bond donors (Lipinski definition) is 1. The molecule has 0 bridgehead atoms. The van der Waals surface area contributed by atoms with E-state index in [9.17, 15) is 14.4 Å². The van der Waals surface area contributed by atoms with E-state index in [2.05, 4.69) is 32.2 Å². The Bertz CT molecular complexity index is 625. The van der Waals surface area contributed by atoms with Crippen LogP contribution >= 0.6 is 0 Å². The Morgan fingerprint density at radius 1 is 1.29 bits per heavy atom. The SMILES string of the molecule is CC(C)(C)CN(CC(=O)N[C@](C)(C#N)C1CC1)c1ccc(F)cc1. The van der Waals surface area contributed by atoms with Gasteiger partial charge < -0.3 is 10.2 Å². The molecule has 1 amide bonds. The van der Waals surface area contributed by atoms with E-state index in [1.807, 2.05) is 4.90 Å². The van der Waals surface area contributed by atoms with E-state index < -0.39 is 5.54 Å². The molecule has 5 heteroatoms. The molecule has 2 rings (SSSR count). The largest absolute Gasteiger partial charge is 0.362 e. The zero-order valence-corrected chi connectivity index (χ0v) is 14.9. The van der Waals surface area contributed by atoms with Gasteiger partial charge in [-0.1, -0.05) is 20.8 Å². The van der Waals surface area contributed by atoms with Gasteiger partial charge in [-0.15, -0.1) is 0 Å². The lowest BCUT2D eigenvalue weighted by atomic mass is 9.95. The zero-order valence-electron chi connectivity index (χ0n) is 14.9. The summed E-state index contributed by atoms with van der Waals surface area (Å²) in [6.07, 6.45) is 1.96. The number of nitriles is 1. The van der Waals surface area contributed by atoms with E-state index in [1.54, 1.807) is 19.1 Å². The number of nitrogens with zero attached hydrogens (tertiary/aromatic N) is 2. The van der Waals surface area contributed by atoms with Crippen LogP contribution in [0.3, 0.4) is 0 Å². The third-order valence-corrected chi connectivity index (χ3v) is 4.22. The summed E-state index contributed by atoms with van der Waals surface area (Å²) in [5.41, 5.74) is -0.0247. The molecule has 1 fully saturated rings. The van der Waals surface area contributed by atoms with Crippen molar-refractivity contribution in [2.75, 3.05) is 18.0 Å². The molecule has 1 aliphatic rings. The van der Waals surface area contributed by atoms with E-state index in [1.165, 1.54) is 12.1 Å². The van der Waals surface area contributed by atoms with Crippen LogP contribution in [0.4, 0.5) is 10.1 Å². The van der Waals surface area contributed by atoms with Gasteiger partial charge in [0, 0.05) is 12.2 Å². The quantitative estimate of drug-likeness (QED) is 0.868. The van der Waals surface area contributed by atoms with Crippen LogP contribution in [0.25, 0.3) is 0 Å². The van der Waals surface area contributed by atoms with Gasteiger partial charge in [0.2, 0.25) is 5.91 Å². The fraction of sp³-hybridized carbons (Fsp3) is 0.579. The fourth-order valence-corrected chi connectivity index (χ4v) is 2.85. The molecule has 24 heavy (non-hydrogen) atoms. The van der Waals surface area contributed by atoms with Gasteiger partial charge in [-0.25, -0.2) is 4.39 Å². The molecule has 1 aromatic rings. The Hall–Kier alpha value is -2.09. The standard InChI is InChI=1S/C19H26FN3O/c1-18(2,3)13-23(16-9-7-15(20)8-10-16)11-17(24)22-19(4,12-21)14-5-6-14/h7-10,14H,5-6,11,13H2,1-4H3,(H,22,24)/t19-/m1/s1. The average molecular weight is 331 g/mol. The lowest BCUT2D eigenvalue weighted by molar-refractivity contribution is -0.121. The monoisotopic (exact) mass is 331 g/mol. The van der Waals surface area contributed by atoms with Crippen LogP contribution in [0.2, 0.25) is 0 Å². The Labute approximate surface area is 143 Å². The first kappa shape index (κ1) is 18.3. The van der Waals surface area contributed by atoms with Crippen LogP contribution in [0.5, 0.6) is 0 Å². The molecule has 4 nitrogen and oxygen atoms in total. The van der Waals surface area contributed by atoms with Gasteiger partial charge in [0.05, 0.1) is 12.6 Å². The molecule has 1 aromatic carbocycles. The molecule has 130 valence electrons. The maximum Gasteiger partial charge on any atom is 0.240 e. The van der Waals surface area contributed by atoms with Crippen molar-refractivity contribution in [2.45, 2.75) is 46.1 Å². The summed E-state index contributed by atoms with van der Waals surface area (Å²) in [5, 5.41) is 12.3. The summed E-state index contributed by atoms with van der Waals surface area (Å²) in [6, 6.07) is 8.39. The number of halogens is 1. The minimum absolute atomic E-state index is 0.0241. The molecule has 0 heterocycles. The molecule has 0 radical (unpaired) electrons. The van der Waals surface area contributed by atoms with Gasteiger partial charge in [-0.05, 0) is 55.4 Å². The van der Waals surface area contributed by atoms with Gasteiger partial charge in [-0.2, -0.15) is 5.26 Å². The van der Waals surface area contributed by atoms with Crippen molar-refractivity contribution in [3.05, 3.63) is 30.1 Å². The third-order valence-electron chi connectivity index (χ3n) is 4.22. The van der Waals surface area contributed by atoms with Crippen LogP contribution in [-0.4, -0.2) is 24.5 Å². The average Bonchev–Trinajstić information content (AvgIpc) is 3.30. The van der Waals surface area contributed by atoms with Crippen LogP contribution < -0.4 is 10.2 Å². The highest BCUT2D eigenvalue weighted by Gasteiger charge is 2.43. The first-order chi connectivity index (χ1) is 11.1. The van der Waals surface area contributed by atoms with E-state index in [-0.39, 0.29) is 29.6 Å². The van der Waals surface area contributed by atoms with Crippen molar-refractivity contribution in [1.82, 2.24) is 5.32 Å². The molecule has 1 aliphatic carbocycles. The molecule has 0 unspecified atom stereocenters. The highest BCUT2D eigenvalue weighted by Crippen LogP contribution is 2.39. The van der Waals surface area contributed by atoms with E-state index in [0.717, 1.165) is 18.5 Å². The zero-order chi connectivity index (χ0) is 18.0. The van der Waals surface area contributed by atoms with Crippen LogP contribution in [0.1, 0.15) is 40.5 Å². The number of rotatable bonds is 6. The molecule has 0 aliphatic heterocycles. The number of anilines is 1. The summed E-state index contributed by atoms with van der Waals surface area (Å²) in [6.45, 7) is 8.85. The third kappa shape index (κ3) is 4.95. The molecule has 1 saturated carbocycles. The predicted octanol–water partition coefficient (Wildman–Crippen LogP) is 3.49. The van der Waals surface area contributed by atoms with Crippen LogP contribution in [0.15, 0.2) is 24.3 Å². The lowest BCUT2D eigenvalue weighted by Gasteiger charge is -2.32. The van der Waals surface area contributed by atoms with Gasteiger partial charge in [-0.3, -0.25) is 4.79 Å². The van der Waals surface area contributed by atoms with Crippen molar-refractivity contribution < 1.29 is 9.18 Å². The van der Waals surface area contributed by atoms with Crippen molar-refractivity contribution in [3.63, 3.8) is 0 Å². The highest BCUT2D eigenvalue weighted by atomic mass is 19.1. The molecule has 0 aromatic heterocycles. The molecule has 0 spiro atoms. The maximum absolute atomic E-state index is 13.2. The molecule has 1 atom stereocenters. The molecular weight excluding hydrogens is 305 g/mol. The first-order valence-electron chi connectivity index (χ1n) is 8.36. The second-order valence-corrected chi connectivity index (χ2v) is 8.03. The molecular formula is C19H26FN3O. The Kier molecular flexibility index (Phi) is 5.17. The smallest absolute Gasteiger partial charge is 0.240 e.